The van der Waals surface area contributed by atoms with Gasteiger partial charge in [0.25, 0.3) is 0 Å². The number of carbonyl (C=O) groups is 1. The van der Waals surface area contributed by atoms with Crippen LogP contribution in [0.2, 0.25) is 5.02 Å². The summed E-state index contributed by atoms with van der Waals surface area (Å²) in [5.74, 6) is 0.441. The molecule has 1 fully saturated rings. The van der Waals surface area contributed by atoms with Crippen molar-refractivity contribution >= 4 is 45.2 Å². The molecule has 0 amide bonds. The van der Waals surface area contributed by atoms with Gasteiger partial charge in [0.15, 0.2) is 0 Å². The Kier molecular flexibility index (Phi) is 5.45. The van der Waals surface area contributed by atoms with Crippen molar-refractivity contribution in [3.05, 3.63) is 59.0 Å². The summed E-state index contributed by atoms with van der Waals surface area (Å²) in [5, 5.41) is 1.52. The van der Waals surface area contributed by atoms with Crippen LogP contribution < -0.4 is 4.90 Å². The predicted molar refractivity (Wildman–Crippen MR) is 125 cm³/mol. The molecule has 2 aromatic carbocycles. The number of morpholine rings is 1. The van der Waals surface area contributed by atoms with Crippen molar-refractivity contribution in [1.29, 1.82) is 0 Å². The molecule has 0 atom stereocenters. The number of rotatable bonds is 4. The number of hydrogen-bond donors (Lipinski definition) is 0. The topological polar surface area (TPSA) is 69.5 Å². The number of fused-ring (bicyclic) bond motifs is 2. The van der Waals surface area contributed by atoms with Crippen LogP contribution in [0.5, 0.6) is 0 Å². The number of ether oxygens (including phenoxy) is 2. The van der Waals surface area contributed by atoms with E-state index in [4.69, 9.17) is 26.1 Å². The fourth-order valence-electron chi connectivity index (χ4n) is 4.31. The van der Waals surface area contributed by atoms with Crippen LogP contribution in [0, 0.1) is 0 Å². The van der Waals surface area contributed by atoms with Gasteiger partial charge < -0.3 is 14.4 Å². The van der Waals surface area contributed by atoms with Gasteiger partial charge >= 0.3 is 5.97 Å². The molecule has 0 saturated carbocycles. The van der Waals surface area contributed by atoms with Crippen molar-refractivity contribution in [2.24, 2.45) is 0 Å². The van der Waals surface area contributed by atoms with Gasteiger partial charge in [0.05, 0.1) is 47.6 Å². The van der Waals surface area contributed by atoms with Gasteiger partial charge in [-0.2, -0.15) is 0 Å². The van der Waals surface area contributed by atoms with Gasteiger partial charge in [-0.3, -0.25) is 9.55 Å². The van der Waals surface area contributed by atoms with Crippen molar-refractivity contribution in [3.8, 4) is 5.69 Å². The van der Waals surface area contributed by atoms with Crippen molar-refractivity contribution in [2.45, 2.75) is 13.3 Å². The van der Waals surface area contributed by atoms with Gasteiger partial charge in [-0.05, 0) is 24.3 Å². The molecule has 1 saturated heterocycles. The lowest BCUT2D eigenvalue weighted by Crippen LogP contribution is -2.36. The Labute approximate surface area is 190 Å². The van der Waals surface area contributed by atoms with Gasteiger partial charge in [-0.15, -0.1) is 0 Å². The fraction of sp³-hybridized carbons (Fsp3) is 0.292. The van der Waals surface area contributed by atoms with Gasteiger partial charge in [-0.1, -0.05) is 30.7 Å². The zero-order valence-electron chi connectivity index (χ0n) is 18.0. The second-order valence-corrected chi connectivity index (χ2v) is 8.04. The van der Waals surface area contributed by atoms with E-state index in [1.807, 2.05) is 30.3 Å². The summed E-state index contributed by atoms with van der Waals surface area (Å²) in [6.45, 7) is 4.87. The van der Waals surface area contributed by atoms with E-state index in [0.717, 1.165) is 46.7 Å². The van der Waals surface area contributed by atoms with E-state index in [0.29, 0.717) is 35.7 Å². The van der Waals surface area contributed by atoms with Crippen LogP contribution in [0.4, 0.5) is 5.69 Å². The first-order valence-electron chi connectivity index (χ1n) is 10.6. The maximum Gasteiger partial charge on any atom is 0.340 e. The summed E-state index contributed by atoms with van der Waals surface area (Å²) in [6.07, 6.45) is 2.44. The lowest BCUT2D eigenvalue weighted by Gasteiger charge is -2.29. The minimum atomic E-state index is -0.403. The summed E-state index contributed by atoms with van der Waals surface area (Å²) in [7, 11) is 1.39. The number of aryl methyl sites for hydroxylation is 1. The molecule has 1 aliphatic heterocycles. The lowest BCUT2D eigenvalue weighted by atomic mass is 10.1. The van der Waals surface area contributed by atoms with Crippen molar-refractivity contribution in [3.63, 3.8) is 0 Å². The Hall–Kier alpha value is -3.16. The van der Waals surface area contributed by atoms with Gasteiger partial charge in [0, 0.05) is 36.8 Å². The minimum absolute atomic E-state index is 0.403. The number of methoxy groups -OCH3 is 1. The highest BCUT2D eigenvalue weighted by molar-refractivity contribution is 6.35. The van der Waals surface area contributed by atoms with E-state index in [-0.39, 0.29) is 0 Å². The second kappa shape index (κ2) is 8.41. The quantitative estimate of drug-likeness (QED) is 0.429. The monoisotopic (exact) mass is 450 g/mol. The van der Waals surface area contributed by atoms with E-state index in [9.17, 15) is 4.79 Å². The molecule has 7 nitrogen and oxygen atoms in total. The molecule has 0 N–H and O–H groups in total. The molecule has 0 spiro atoms. The Morgan fingerprint density at radius 2 is 2.00 bits per heavy atom. The third-order valence-corrected chi connectivity index (χ3v) is 6.16. The maximum absolute atomic E-state index is 12.7. The zero-order valence-corrected chi connectivity index (χ0v) is 18.7. The predicted octanol–water partition coefficient (Wildman–Crippen LogP) is 4.41. The number of aromatic nitrogens is 3. The first-order valence-corrected chi connectivity index (χ1v) is 11.0. The Morgan fingerprint density at radius 3 is 2.75 bits per heavy atom. The minimum Gasteiger partial charge on any atom is -0.465 e. The summed E-state index contributed by atoms with van der Waals surface area (Å²) in [4.78, 5) is 24.3. The van der Waals surface area contributed by atoms with Crippen LogP contribution in [0.25, 0.3) is 27.6 Å². The summed E-state index contributed by atoms with van der Waals surface area (Å²) in [5.41, 5.74) is 4.52. The van der Waals surface area contributed by atoms with Crippen LogP contribution in [-0.2, 0) is 15.9 Å². The number of esters is 1. The normalized spacial score (nSPS) is 14.3. The van der Waals surface area contributed by atoms with Crippen molar-refractivity contribution in [2.75, 3.05) is 38.3 Å². The zero-order chi connectivity index (χ0) is 22.2. The number of carbonyl (C=O) groups excluding carboxylic acids is 1. The third kappa shape index (κ3) is 3.38. The molecular weight excluding hydrogens is 428 g/mol. The Morgan fingerprint density at radius 1 is 1.19 bits per heavy atom. The SMILES string of the molecule is CCc1nc2c(C(=O)OC)cc(N3CCOCC3)cc2n1-c1ccnc2c(Cl)cccc12. The molecule has 0 unspecified atom stereocenters. The number of para-hydroxylation sites is 1. The highest BCUT2D eigenvalue weighted by atomic mass is 35.5. The van der Waals surface area contributed by atoms with Crippen molar-refractivity contribution < 1.29 is 14.3 Å². The summed E-state index contributed by atoms with van der Waals surface area (Å²) >= 11 is 6.43. The van der Waals surface area contributed by atoms with Gasteiger partial charge in [0.2, 0.25) is 0 Å². The van der Waals surface area contributed by atoms with E-state index in [1.54, 1.807) is 6.20 Å². The Balaban J connectivity index is 1.83. The molecule has 2 aromatic heterocycles. The number of halogens is 1. The molecule has 0 bridgehead atoms. The number of benzene rings is 2. The average Bonchev–Trinajstić information content (AvgIpc) is 3.22. The molecule has 4 aromatic rings. The van der Waals surface area contributed by atoms with E-state index < -0.39 is 5.97 Å². The summed E-state index contributed by atoms with van der Waals surface area (Å²) in [6, 6.07) is 11.7. The van der Waals surface area contributed by atoms with Crippen LogP contribution in [0.15, 0.2) is 42.6 Å². The molecule has 1 aliphatic rings. The van der Waals surface area contributed by atoms with Crippen LogP contribution in [-0.4, -0.2) is 53.9 Å². The Bertz CT molecular complexity index is 1330. The van der Waals surface area contributed by atoms with Crippen molar-refractivity contribution in [1.82, 2.24) is 14.5 Å². The first-order chi connectivity index (χ1) is 15.6. The fourth-order valence-corrected chi connectivity index (χ4v) is 4.53. The first kappa shape index (κ1) is 20.7. The van der Waals surface area contributed by atoms with E-state index >= 15 is 0 Å². The number of anilines is 1. The number of imidazole rings is 1. The average molecular weight is 451 g/mol. The highest BCUT2D eigenvalue weighted by Crippen LogP contribution is 2.34. The highest BCUT2D eigenvalue weighted by Gasteiger charge is 2.23. The molecule has 0 aliphatic carbocycles. The molecular formula is C24H23ClN4O3. The number of nitrogens with zero attached hydrogens (tertiary/aromatic N) is 4. The van der Waals surface area contributed by atoms with Crippen LogP contribution in [0.3, 0.4) is 0 Å². The number of pyridine rings is 1. The lowest BCUT2D eigenvalue weighted by molar-refractivity contribution is 0.0603. The van der Waals surface area contributed by atoms with E-state index in [2.05, 4.69) is 27.4 Å². The smallest absolute Gasteiger partial charge is 0.340 e. The molecule has 0 radical (unpaired) electrons. The standard InChI is InChI=1S/C24H23ClN4O3/c1-3-21-27-23-17(24(30)31-2)13-15(28-9-11-32-12-10-28)14-20(23)29(21)19-7-8-26-22-16(19)5-4-6-18(22)25/h4-8,13-14H,3,9-12H2,1-2H3. The molecule has 32 heavy (non-hydrogen) atoms. The van der Waals surface area contributed by atoms with Crippen LogP contribution >= 0.6 is 11.6 Å². The maximum atomic E-state index is 12.7. The van der Waals surface area contributed by atoms with E-state index in [1.165, 1.54) is 7.11 Å². The molecule has 8 heteroatoms. The second-order valence-electron chi connectivity index (χ2n) is 7.64. The summed E-state index contributed by atoms with van der Waals surface area (Å²) < 4.78 is 12.7. The van der Waals surface area contributed by atoms with Crippen LogP contribution in [0.1, 0.15) is 23.1 Å². The largest absolute Gasteiger partial charge is 0.465 e. The number of hydrogen-bond acceptors (Lipinski definition) is 6. The van der Waals surface area contributed by atoms with Gasteiger partial charge in [-0.25, -0.2) is 9.78 Å². The third-order valence-electron chi connectivity index (χ3n) is 5.85. The van der Waals surface area contributed by atoms with Gasteiger partial charge in [0.1, 0.15) is 11.3 Å². The molecule has 5 rings (SSSR count). The molecule has 164 valence electrons. The molecule has 3 heterocycles.